The van der Waals surface area contributed by atoms with Crippen molar-refractivity contribution < 1.29 is 9.50 Å². The molecule has 1 nitrogen and oxygen atoms in total. The molecule has 0 radical (unpaired) electrons. The van der Waals surface area contributed by atoms with Gasteiger partial charge < -0.3 is 5.11 Å². The number of hydrogen-bond acceptors (Lipinski definition) is 1. The SMILES string of the molecule is C[C@](O)(I)c1c(Cl)ccc(F)c1Cl. The molecular weight excluding hydrogens is 329 g/mol. The van der Waals surface area contributed by atoms with Crippen LogP contribution < -0.4 is 0 Å². The predicted octanol–water partition coefficient (Wildman–Crippen LogP) is 3.73. The van der Waals surface area contributed by atoms with E-state index in [0.29, 0.717) is 0 Å². The quantitative estimate of drug-likeness (QED) is 0.471. The first kappa shape index (κ1) is 11.5. The molecule has 0 bridgehead atoms. The third-order valence-corrected chi connectivity index (χ3v) is 2.72. The lowest BCUT2D eigenvalue weighted by atomic mass is 10.1. The first-order chi connectivity index (χ1) is 5.84. The van der Waals surface area contributed by atoms with Crippen molar-refractivity contribution in [3.8, 4) is 0 Å². The summed E-state index contributed by atoms with van der Waals surface area (Å²) in [6.45, 7) is 1.49. The van der Waals surface area contributed by atoms with E-state index in [1.165, 1.54) is 13.0 Å². The van der Waals surface area contributed by atoms with Gasteiger partial charge in [0.25, 0.3) is 0 Å². The summed E-state index contributed by atoms with van der Waals surface area (Å²) in [5.41, 5.74) is 0.205. The van der Waals surface area contributed by atoms with Gasteiger partial charge in [-0.1, -0.05) is 23.2 Å². The number of rotatable bonds is 1. The minimum absolute atomic E-state index is 0.132. The fourth-order valence-electron chi connectivity index (χ4n) is 0.945. The molecule has 1 atom stereocenters. The lowest BCUT2D eigenvalue weighted by Crippen LogP contribution is -2.13. The largest absolute Gasteiger partial charge is 0.376 e. The summed E-state index contributed by atoms with van der Waals surface area (Å²) < 4.78 is 11.7. The molecule has 0 spiro atoms. The highest BCUT2D eigenvalue weighted by Crippen LogP contribution is 2.39. The van der Waals surface area contributed by atoms with E-state index >= 15 is 0 Å². The summed E-state index contributed by atoms with van der Waals surface area (Å²) in [6.07, 6.45) is 0. The fourth-order valence-corrected chi connectivity index (χ4v) is 2.56. The predicted molar refractivity (Wildman–Crippen MR) is 60.0 cm³/mol. The third kappa shape index (κ3) is 2.46. The number of hydrogen-bond donors (Lipinski definition) is 1. The van der Waals surface area contributed by atoms with Gasteiger partial charge in [0.15, 0.2) is 0 Å². The minimum atomic E-state index is -1.27. The van der Waals surface area contributed by atoms with E-state index in [2.05, 4.69) is 0 Å². The van der Waals surface area contributed by atoms with Crippen molar-refractivity contribution in [2.45, 2.75) is 10.5 Å². The van der Waals surface area contributed by atoms with Gasteiger partial charge in [-0.3, -0.25) is 0 Å². The molecule has 0 aromatic heterocycles. The molecule has 1 aromatic rings. The van der Waals surface area contributed by atoms with E-state index < -0.39 is 9.43 Å². The van der Waals surface area contributed by atoms with Gasteiger partial charge >= 0.3 is 0 Å². The van der Waals surface area contributed by atoms with Crippen LogP contribution in [-0.4, -0.2) is 5.11 Å². The van der Waals surface area contributed by atoms with Gasteiger partial charge in [0.1, 0.15) is 9.43 Å². The Morgan fingerprint density at radius 3 is 2.38 bits per heavy atom. The van der Waals surface area contributed by atoms with Crippen LogP contribution in [0.5, 0.6) is 0 Å². The molecule has 13 heavy (non-hydrogen) atoms. The molecule has 0 aliphatic rings. The van der Waals surface area contributed by atoms with Crippen LogP contribution in [0.1, 0.15) is 12.5 Å². The van der Waals surface area contributed by atoms with Crippen molar-refractivity contribution in [3.63, 3.8) is 0 Å². The lowest BCUT2D eigenvalue weighted by molar-refractivity contribution is 0.178. The summed E-state index contributed by atoms with van der Waals surface area (Å²) in [6, 6.07) is 2.53. The smallest absolute Gasteiger partial charge is 0.142 e. The van der Waals surface area contributed by atoms with Gasteiger partial charge in [0, 0.05) is 10.6 Å². The van der Waals surface area contributed by atoms with Gasteiger partial charge in [-0.2, -0.15) is 0 Å². The topological polar surface area (TPSA) is 20.2 Å². The van der Waals surface area contributed by atoms with Crippen LogP contribution in [0.3, 0.4) is 0 Å². The maximum atomic E-state index is 13.0. The van der Waals surface area contributed by atoms with Gasteiger partial charge in [-0.05, 0) is 41.6 Å². The summed E-state index contributed by atoms with van der Waals surface area (Å²) in [5.74, 6) is -0.585. The Labute approximate surface area is 99.0 Å². The van der Waals surface area contributed by atoms with Gasteiger partial charge in [-0.15, -0.1) is 0 Å². The molecular formula is C8H6Cl2FIO. The first-order valence-electron chi connectivity index (χ1n) is 3.39. The Morgan fingerprint density at radius 2 is 2.00 bits per heavy atom. The van der Waals surface area contributed by atoms with Gasteiger partial charge in [0.2, 0.25) is 0 Å². The van der Waals surface area contributed by atoms with E-state index in [1.54, 1.807) is 22.6 Å². The monoisotopic (exact) mass is 334 g/mol. The van der Waals surface area contributed by atoms with Gasteiger partial charge in [-0.25, -0.2) is 4.39 Å². The van der Waals surface area contributed by atoms with E-state index in [4.69, 9.17) is 23.2 Å². The molecule has 0 saturated carbocycles. The second-order valence-electron chi connectivity index (χ2n) is 2.67. The molecule has 1 rings (SSSR count). The molecule has 1 N–H and O–H groups in total. The van der Waals surface area contributed by atoms with Crippen molar-refractivity contribution in [1.82, 2.24) is 0 Å². The normalized spacial score (nSPS) is 15.5. The summed E-state index contributed by atoms with van der Waals surface area (Å²) >= 11 is 13.2. The van der Waals surface area contributed by atoms with Crippen molar-refractivity contribution in [2.24, 2.45) is 0 Å². The van der Waals surface area contributed by atoms with Crippen LogP contribution >= 0.6 is 45.8 Å². The van der Waals surface area contributed by atoms with Crippen molar-refractivity contribution >= 4 is 45.8 Å². The molecule has 0 amide bonds. The van der Waals surface area contributed by atoms with Crippen LogP contribution in [0.4, 0.5) is 4.39 Å². The number of halogens is 4. The third-order valence-electron chi connectivity index (χ3n) is 1.50. The zero-order valence-electron chi connectivity index (χ0n) is 6.61. The van der Waals surface area contributed by atoms with Crippen LogP contribution in [0, 0.1) is 5.82 Å². The molecule has 1 aromatic carbocycles. The van der Waals surface area contributed by atoms with Crippen molar-refractivity contribution in [2.75, 3.05) is 0 Å². The molecule has 0 heterocycles. The first-order valence-corrected chi connectivity index (χ1v) is 5.22. The molecule has 0 saturated heterocycles. The van der Waals surface area contributed by atoms with Crippen molar-refractivity contribution in [1.29, 1.82) is 0 Å². The zero-order valence-corrected chi connectivity index (χ0v) is 10.3. The number of benzene rings is 1. The summed E-state index contributed by atoms with van der Waals surface area (Å²) in [5, 5.41) is 9.75. The average Bonchev–Trinajstić information content (AvgIpc) is 1.95. The zero-order chi connectivity index (χ0) is 10.2. The Balaban J connectivity index is 3.43. The van der Waals surface area contributed by atoms with Crippen LogP contribution in [0.25, 0.3) is 0 Å². The Kier molecular flexibility index (Phi) is 3.43. The molecule has 0 unspecified atom stereocenters. The highest BCUT2D eigenvalue weighted by molar-refractivity contribution is 14.1. The second kappa shape index (κ2) is 3.88. The van der Waals surface area contributed by atoms with Gasteiger partial charge in [0.05, 0.1) is 5.02 Å². The Morgan fingerprint density at radius 1 is 1.46 bits per heavy atom. The molecule has 0 aliphatic heterocycles. The highest BCUT2D eigenvalue weighted by Gasteiger charge is 2.26. The molecule has 0 aliphatic carbocycles. The van der Waals surface area contributed by atoms with E-state index in [1.807, 2.05) is 0 Å². The Hall–Kier alpha value is 0.420. The highest BCUT2D eigenvalue weighted by atomic mass is 127. The molecule has 72 valence electrons. The molecule has 0 fully saturated rings. The van der Waals surface area contributed by atoms with Crippen LogP contribution in [0.2, 0.25) is 10.0 Å². The fraction of sp³-hybridized carbons (Fsp3) is 0.250. The minimum Gasteiger partial charge on any atom is -0.376 e. The Bertz CT molecular complexity index is 336. The van der Waals surface area contributed by atoms with Crippen LogP contribution in [0.15, 0.2) is 12.1 Å². The second-order valence-corrected chi connectivity index (χ2v) is 5.56. The molecule has 5 heteroatoms. The number of alkyl halides is 1. The summed E-state index contributed by atoms with van der Waals surface area (Å²) in [7, 11) is 0. The van der Waals surface area contributed by atoms with Crippen LogP contribution in [-0.2, 0) is 3.61 Å². The maximum Gasteiger partial charge on any atom is 0.142 e. The average molecular weight is 335 g/mol. The van der Waals surface area contributed by atoms with E-state index in [9.17, 15) is 9.50 Å². The van der Waals surface area contributed by atoms with Crippen molar-refractivity contribution in [3.05, 3.63) is 33.6 Å². The lowest BCUT2D eigenvalue weighted by Gasteiger charge is -2.18. The maximum absolute atomic E-state index is 13.0. The summed E-state index contributed by atoms with van der Waals surface area (Å²) in [4.78, 5) is 0. The standard InChI is InChI=1S/C8H6Cl2FIO/c1-8(12,13)6-4(9)2-3-5(11)7(6)10/h2-3,13H,1H3/t8-/m1/s1. The van der Waals surface area contributed by atoms with E-state index in [-0.39, 0.29) is 15.6 Å². The van der Waals surface area contributed by atoms with E-state index in [0.717, 1.165) is 6.07 Å². The number of aliphatic hydroxyl groups is 1.